The Morgan fingerprint density at radius 1 is 1.27 bits per heavy atom. The highest BCUT2D eigenvalue weighted by atomic mass is 19.4. The molecule has 0 radical (unpaired) electrons. The van der Waals surface area contributed by atoms with Crippen LogP contribution >= 0.6 is 0 Å². The van der Waals surface area contributed by atoms with Crippen molar-refractivity contribution >= 4 is 5.91 Å². The maximum atomic E-state index is 12.8. The SMILES string of the molecule is NC[C@H]1CCC[C@H]1C(=O)NC(CC(F)(F)F)c1ccccc1. The van der Waals surface area contributed by atoms with Gasteiger partial charge in [0.15, 0.2) is 0 Å². The van der Waals surface area contributed by atoms with Crippen molar-refractivity contribution in [1.29, 1.82) is 0 Å². The van der Waals surface area contributed by atoms with Crippen molar-refractivity contribution in [1.82, 2.24) is 5.32 Å². The molecule has 3 atom stereocenters. The highest BCUT2D eigenvalue weighted by molar-refractivity contribution is 5.79. The molecule has 3 nitrogen and oxygen atoms in total. The van der Waals surface area contributed by atoms with E-state index in [1.807, 2.05) is 0 Å². The predicted octanol–water partition coefficient (Wildman–Crippen LogP) is 3.17. The minimum Gasteiger partial charge on any atom is -0.349 e. The van der Waals surface area contributed by atoms with Gasteiger partial charge in [0.1, 0.15) is 0 Å². The van der Waals surface area contributed by atoms with Gasteiger partial charge in [0, 0.05) is 5.92 Å². The number of carbonyl (C=O) groups is 1. The smallest absolute Gasteiger partial charge is 0.349 e. The van der Waals surface area contributed by atoms with Crippen LogP contribution in [0.1, 0.15) is 37.3 Å². The second-order valence-electron chi connectivity index (χ2n) is 5.82. The quantitative estimate of drug-likeness (QED) is 0.877. The Morgan fingerprint density at radius 3 is 2.55 bits per heavy atom. The fourth-order valence-corrected chi connectivity index (χ4v) is 3.11. The lowest BCUT2D eigenvalue weighted by Crippen LogP contribution is -2.38. The summed E-state index contributed by atoms with van der Waals surface area (Å²) in [5.41, 5.74) is 6.11. The lowest BCUT2D eigenvalue weighted by Gasteiger charge is -2.24. The Morgan fingerprint density at radius 2 is 1.95 bits per heavy atom. The first-order chi connectivity index (χ1) is 10.4. The summed E-state index contributed by atoms with van der Waals surface area (Å²) in [6.07, 6.45) is -2.94. The first kappa shape index (κ1) is 16.8. The molecule has 1 aliphatic rings. The maximum Gasteiger partial charge on any atom is 0.391 e. The molecule has 22 heavy (non-hydrogen) atoms. The van der Waals surface area contributed by atoms with Crippen molar-refractivity contribution < 1.29 is 18.0 Å². The molecule has 0 spiro atoms. The van der Waals surface area contributed by atoms with Crippen LogP contribution < -0.4 is 11.1 Å². The fraction of sp³-hybridized carbons (Fsp3) is 0.562. The number of hydrogen-bond acceptors (Lipinski definition) is 2. The molecular formula is C16H21F3N2O. The molecule has 1 unspecified atom stereocenters. The van der Waals surface area contributed by atoms with Crippen LogP contribution in [0, 0.1) is 11.8 Å². The number of hydrogen-bond donors (Lipinski definition) is 2. The molecular weight excluding hydrogens is 293 g/mol. The lowest BCUT2D eigenvalue weighted by atomic mass is 9.94. The summed E-state index contributed by atoms with van der Waals surface area (Å²) in [5, 5.41) is 2.58. The van der Waals surface area contributed by atoms with Gasteiger partial charge < -0.3 is 11.1 Å². The third-order valence-electron chi connectivity index (χ3n) is 4.25. The second-order valence-corrected chi connectivity index (χ2v) is 5.82. The van der Waals surface area contributed by atoms with Crippen molar-refractivity contribution in [3.8, 4) is 0 Å². The van der Waals surface area contributed by atoms with Gasteiger partial charge in [0.2, 0.25) is 5.91 Å². The first-order valence-electron chi connectivity index (χ1n) is 7.53. The van der Waals surface area contributed by atoms with E-state index in [0.29, 0.717) is 18.5 Å². The highest BCUT2D eigenvalue weighted by Crippen LogP contribution is 2.33. The zero-order valence-corrected chi connectivity index (χ0v) is 12.3. The van der Waals surface area contributed by atoms with Gasteiger partial charge in [0.05, 0.1) is 12.5 Å². The Balaban J connectivity index is 2.11. The zero-order chi connectivity index (χ0) is 16.2. The highest BCUT2D eigenvalue weighted by Gasteiger charge is 2.37. The third-order valence-corrected chi connectivity index (χ3v) is 4.25. The molecule has 3 N–H and O–H groups in total. The molecule has 6 heteroatoms. The number of carbonyl (C=O) groups excluding carboxylic acids is 1. The third kappa shape index (κ3) is 4.47. The normalized spacial score (nSPS) is 23.3. The van der Waals surface area contributed by atoms with Crippen LogP contribution in [0.5, 0.6) is 0 Å². The predicted molar refractivity (Wildman–Crippen MR) is 77.9 cm³/mol. The summed E-state index contributed by atoms with van der Waals surface area (Å²) in [6, 6.07) is 7.23. The summed E-state index contributed by atoms with van der Waals surface area (Å²) in [4.78, 5) is 12.4. The van der Waals surface area contributed by atoms with Crippen LogP contribution in [0.15, 0.2) is 30.3 Å². The van der Waals surface area contributed by atoms with Gasteiger partial charge in [-0.1, -0.05) is 36.8 Å². The van der Waals surface area contributed by atoms with Gasteiger partial charge >= 0.3 is 6.18 Å². The van der Waals surface area contributed by atoms with Crippen LogP contribution in [0.2, 0.25) is 0 Å². The first-order valence-corrected chi connectivity index (χ1v) is 7.53. The molecule has 1 fully saturated rings. The van der Waals surface area contributed by atoms with E-state index >= 15 is 0 Å². The standard InChI is InChI=1S/C16H21F3N2O/c17-16(18,19)9-14(11-5-2-1-3-6-11)21-15(22)13-8-4-7-12(13)10-20/h1-3,5-6,12-14H,4,7-10,20H2,(H,21,22)/t12-,13-,14?/m1/s1. The van der Waals surface area contributed by atoms with E-state index in [2.05, 4.69) is 5.32 Å². The molecule has 2 rings (SSSR count). The van der Waals surface area contributed by atoms with E-state index in [1.54, 1.807) is 30.3 Å². The fourth-order valence-electron chi connectivity index (χ4n) is 3.11. The summed E-state index contributed by atoms with van der Waals surface area (Å²) in [5.74, 6) is -0.516. The molecule has 0 bridgehead atoms. The van der Waals surface area contributed by atoms with E-state index in [0.717, 1.165) is 12.8 Å². The van der Waals surface area contributed by atoms with Crippen molar-refractivity contribution in [3.05, 3.63) is 35.9 Å². The number of halogens is 3. The average molecular weight is 314 g/mol. The van der Waals surface area contributed by atoms with Gasteiger partial charge in [-0.15, -0.1) is 0 Å². The number of benzene rings is 1. The molecule has 0 aromatic heterocycles. The topological polar surface area (TPSA) is 55.1 Å². The minimum absolute atomic E-state index is 0.0716. The molecule has 122 valence electrons. The van der Waals surface area contributed by atoms with Crippen molar-refractivity contribution in [2.45, 2.75) is 37.9 Å². The van der Waals surface area contributed by atoms with Crippen molar-refractivity contribution in [2.75, 3.05) is 6.54 Å². The van der Waals surface area contributed by atoms with Gasteiger partial charge in [-0.3, -0.25) is 4.79 Å². The zero-order valence-electron chi connectivity index (χ0n) is 12.3. The van der Waals surface area contributed by atoms with Crippen LogP contribution in [0.25, 0.3) is 0 Å². The Labute approximate surface area is 128 Å². The van der Waals surface area contributed by atoms with Gasteiger partial charge in [0.25, 0.3) is 0 Å². The number of nitrogens with one attached hydrogen (secondary N) is 1. The number of amides is 1. The summed E-state index contributed by atoms with van der Waals surface area (Å²) >= 11 is 0. The van der Waals surface area contributed by atoms with Crippen molar-refractivity contribution in [2.24, 2.45) is 17.6 Å². The van der Waals surface area contributed by atoms with E-state index in [-0.39, 0.29) is 17.7 Å². The Hall–Kier alpha value is -1.56. The van der Waals surface area contributed by atoms with E-state index in [9.17, 15) is 18.0 Å². The van der Waals surface area contributed by atoms with Crippen LogP contribution in [-0.4, -0.2) is 18.6 Å². The average Bonchev–Trinajstić information content (AvgIpc) is 2.94. The van der Waals surface area contributed by atoms with Crippen LogP contribution in [-0.2, 0) is 4.79 Å². The molecule has 0 heterocycles. The molecule has 1 aromatic carbocycles. The van der Waals surface area contributed by atoms with Gasteiger partial charge in [-0.25, -0.2) is 0 Å². The van der Waals surface area contributed by atoms with E-state index < -0.39 is 18.6 Å². The summed E-state index contributed by atoms with van der Waals surface area (Å²) < 4.78 is 38.4. The van der Waals surface area contributed by atoms with Crippen molar-refractivity contribution in [3.63, 3.8) is 0 Å². The van der Waals surface area contributed by atoms with Crippen LogP contribution in [0.4, 0.5) is 13.2 Å². The van der Waals surface area contributed by atoms with Gasteiger partial charge in [-0.2, -0.15) is 13.2 Å². The second kappa shape index (κ2) is 7.13. The molecule has 1 aliphatic carbocycles. The molecule has 1 saturated carbocycles. The monoisotopic (exact) mass is 314 g/mol. The Bertz CT molecular complexity index is 490. The van der Waals surface area contributed by atoms with Crippen LogP contribution in [0.3, 0.4) is 0 Å². The number of rotatable bonds is 5. The Kier molecular flexibility index (Phi) is 5.45. The minimum atomic E-state index is -4.34. The van der Waals surface area contributed by atoms with Gasteiger partial charge in [-0.05, 0) is 30.9 Å². The molecule has 0 aliphatic heterocycles. The number of nitrogens with two attached hydrogens (primary N) is 1. The number of alkyl halides is 3. The molecule has 0 saturated heterocycles. The molecule has 1 amide bonds. The lowest BCUT2D eigenvalue weighted by molar-refractivity contribution is -0.144. The van der Waals surface area contributed by atoms with E-state index in [1.165, 1.54) is 0 Å². The molecule has 1 aromatic rings. The maximum absolute atomic E-state index is 12.8. The summed E-state index contributed by atoms with van der Waals surface area (Å²) in [7, 11) is 0. The van der Waals surface area contributed by atoms with E-state index in [4.69, 9.17) is 5.73 Å². The largest absolute Gasteiger partial charge is 0.391 e. The summed E-state index contributed by atoms with van der Waals surface area (Å²) in [6.45, 7) is 0.396.